The highest BCUT2D eigenvalue weighted by Gasteiger charge is 2.61. The Balaban J connectivity index is 1.88. The second-order valence-corrected chi connectivity index (χ2v) is 6.83. The van der Waals surface area contributed by atoms with E-state index in [9.17, 15) is 4.79 Å². The molecule has 19 heavy (non-hydrogen) atoms. The van der Waals surface area contributed by atoms with Crippen LogP contribution in [0.5, 0.6) is 0 Å². The summed E-state index contributed by atoms with van der Waals surface area (Å²) in [6.45, 7) is 0. The van der Waals surface area contributed by atoms with Gasteiger partial charge in [-0.25, -0.2) is 0 Å². The van der Waals surface area contributed by atoms with Gasteiger partial charge in [-0.2, -0.15) is 0 Å². The van der Waals surface area contributed by atoms with Gasteiger partial charge in [-0.1, -0.05) is 72.8 Å². The maximum atomic E-state index is 12.2. The Kier molecular flexibility index (Phi) is 3.48. The number of amides is 1. The Labute approximate surface area is 123 Å². The van der Waals surface area contributed by atoms with Crippen molar-refractivity contribution in [2.75, 3.05) is 0 Å². The molecule has 2 nitrogen and oxygen atoms in total. The van der Waals surface area contributed by atoms with Gasteiger partial charge >= 0.3 is 0 Å². The molecule has 1 atom stereocenters. The van der Waals surface area contributed by atoms with Crippen LogP contribution in [0.3, 0.4) is 0 Å². The van der Waals surface area contributed by atoms with Gasteiger partial charge in [-0.05, 0) is 18.4 Å². The molecule has 0 radical (unpaired) electrons. The van der Waals surface area contributed by atoms with Crippen molar-refractivity contribution in [3.05, 3.63) is 35.9 Å². The molecule has 1 unspecified atom stereocenters. The summed E-state index contributed by atoms with van der Waals surface area (Å²) in [7, 11) is 0. The van der Waals surface area contributed by atoms with E-state index in [1.54, 1.807) is 0 Å². The average molecular weight is 298 g/mol. The minimum absolute atomic E-state index is 0.128. The molecule has 1 heterocycles. The summed E-state index contributed by atoms with van der Waals surface area (Å²) < 4.78 is -1.29. The number of likely N-dealkylation sites (tertiary alicyclic amines) is 1. The number of nitrogens with zero attached hydrogens (tertiary/aromatic N) is 1. The fourth-order valence-corrected chi connectivity index (χ4v) is 3.91. The molecule has 0 bridgehead atoms. The fourth-order valence-electron chi connectivity index (χ4n) is 3.26. The van der Waals surface area contributed by atoms with Gasteiger partial charge in [0.15, 0.2) is 0 Å². The number of β-lactam (4-membered cyclic amide) rings is 1. The number of hydrogen-bond donors (Lipinski definition) is 0. The van der Waals surface area contributed by atoms with Gasteiger partial charge < -0.3 is 4.90 Å². The second kappa shape index (κ2) is 4.99. The van der Waals surface area contributed by atoms with Crippen molar-refractivity contribution in [1.82, 2.24) is 4.90 Å². The molecule has 0 N–H and O–H groups in total. The summed E-state index contributed by atoms with van der Waals surface area (Å²) in [5.74, 6) is -0.128. The Morgan fingerprint density at radius 2 is 1.68 bits per heavy atom. The maximum absolute atomic E-state index is 12.2. The van der Waals surface area contributed by atoms with Crippen LogP contribution in [0.2, 0.25) is 0 Å². The van der Waals surface area contributed by atoms with Gasteiger partial charge in [0, 0.05) is 6.04 Å². The Morgan fingerprint density at radius 3 is 2.32 bits per heavy atom. The first kappa shape index (κ1) is 13.3. The number of rotatable bonds is 2. The SMILES string of the molecule is O=C1N(C2CCCCC2)C(c2ccccc2)C1(Cl)Cl. The molecule has 4 heteroatoms. The van der Waals surface area contributed by atoms with E-state index in [0.717, 1.165) is 18.4 Å². The molecule has 2 aliphatic rings. The maximum Gasteiger partial charge on any atom is 0.262 e. The molecule has 2 fully saturated rings. The van der Waals surface area contributed by atoms with Gasteiger partial charge in [0.2, 0.25) is 4.33 Å². The van der Waals surface area contributed by atoms with Crippen molar-refractivity contribution in [3.8, 4) is 0 Å². The van der Waals surface area contributed by atoms with E-state index >= 15 is 0 Å². The van der Waals surface area contributed by atoms with E-state index in [0.29, 0.717) is 6.04 Å². The highest BCUT2D eigenvalue weighted by molar-refractivity contribution is 6.60. The van der Waals surface area contributed by atoms with Crippen LogP contribution in [0.1, 0.15) is 43.7 Å². The van der Waals surface area contributed by atoms with Crippen molar-refractivity contribution in [2.45, 2.75) is 48.5 Å². The zero-order valence-corrected chi connectivity index (χ0v) is 12.2. The second-order valence-electron chi connectivity index (χ2n) is 5.44. The topological polar surface area (TPSA) is 20.3 Å². The zero-order chi connectivity index (χ0) is 13.5. The van der Waals surface area contributed by atoms with E-state index in [4.69, 9.17) is 23.2 Å². The minimum Gasteiger partial charge on any atom is -0.326 e. The van der Waals surface area contributed by atoms with Gasteiger partial charge in [0.25, 0.3) is 5.91 Å². The number of carbonyl (C=O) groups is 1. The molecule has 1 amide bonds. The Hall–Kier alpha value is -0.730. The van der Waals surface area contributed by atoms with E-state index in [-0.39, 0.29) is 11.9 Å². The van der Waals surface area contributed by atoms with Crippen molar-refractivity contribution >= 4 is 29.1 Å². The summed E-state index contributed by atoms with van der Waals surface area (Å²) in [6, 6.07) is 9.96. The third-order valence-corrected chi connectivity index (χ3v) is 4.96. The van der Waals surface area contributed by atoms with Gasteiger partial charge in [-0.15, -0.1) is 0 Å². The molecule has 1 saturated heterocycles. The average Bonchev–Trinajstić information content (AvgIpc) is 2.45. The van der Waals surface area contributed by atoms with Crippen LogP contribution in [-0.4, -0.2) is 21.2 Å². The summed E-state index contributed by atoms with van der Waals surface area (Å²) >= 11 is 12.5. The van der Waals surface area contributed by atoms with Crippen molar-refractivity contribution in [2.24, 2.45) is 0 Å². The minimum atomic E-state index is -1.29. The van der Waals surface area contributed by atoms with Crippen LogP contribution in [0, 0.1) is 0 Å². The molecule has 0 aromatic heterocycles. The van der Waals surface area contributed by atoms with Gasteiger partial charge in [0.1, 0.15) is 0 Å². The van der Waals surface area contributed by atoms with Crippen LogP contribution in [0.25, 0.3) is 0 Å². The van der Waals surface area contributed by atoms with Crippen LogP contribution < -0.4 is 0 Å². The third kappa shape index (κ3) is 2.15. The van der Waals surface area contributed by atoms with E-state index in [1.165, 1.54) is 19.3 Å². The number of carbonyl (C=O) groups excluding carboxylic acids is 1. The predicted molar refractivity (Wildman–Crippen MR) is 77.3 cm³/mol. The standard InChI is InChI=1S/C15H17Cl2NO/c16-15(17)13(11-7-3-1-4-8-11)18(14(15)19)12-9-5-2-6-10-12/h1,3-4,7-8,12-13H,2,5-6,9-10H2. The molecular weight excluding hydrogens is 281 g/mol. The fraction of sp³-hybridized carbons (Fsp3) is 0.533. The lowest BCUT2D eigenvalue weighted by Gasteiger charge is -2.54. The quantitative estimate of drug-likeness (QED) is 0.595. The van der Waals surface area contributed by atoms with Crippen molar-refractivity contribution in [3.63, 3.8) is 0 Å². The molecule has 102 valence electrons. The van der Waals surface area contributed by atoms with Crippen LogP contribution >= 0.6 is 23.2 Å². The Bertz CT molecular complexity index is 468. The number of halogens is 2. The number of benzene rings is 1. The lowest BCUT2D eigenvalue weighted by atomic mass is 9.85. The molecule has 1 aromatic rings. The van der Waals surface area contributed by atoms with Gasteiger partial charge in [-0.3, -0.25) is 4.79 Å². The lowest BCUT2D eigenvalue weighted by molar-refractivity contribution is -0.153. The smallest absolute Gasteiger partial charge is 0.262 e. The highest BCUT2D eigenvalue weighted by atomic mass is 35.5. The summed E-state index contributed by atoms with van der Waals surface area (Å²) in [5.41, 5.74) is 1.03. The monoisotopic (exact) mass is 297 g/mol. The Morgan fingerprint density at radius 1 is 1.05 bits per heavy atom. The third-order valence-electron chi connectivity index (χ3n) is 4.22. The molecule has 1 aliphatic carbocycles. The van der Waals surface area contributed by atoms with E-state index in [2.05, 4.69) is 0 Å². The summed E-state index contributed by atoms with van der Waals surface area (Å²) in [5, 5.41) is 0. The highest BCUT2D eigenvalue weighted by Crippen LogP contribution is 2.53. The summed E-state index contributed by atoms with van der Waals surface area (Å²) in [6.07, 6.45) is 5.78. The first-order valence-electron chi connectivity index (χ1n) is 6.88. The van der Waals surface area contributed by atoms with Crippen LogP contribution in [0.4, 0.5) is 0 Å². The number of alkyl halides is 2. The molecule has 1 aromatic carbocycles. The number of hydrogen-bond acceptors (Lipinski definition) is 1. The first-order valence-corrected chi connectivity index (χ1v) is 7.63. The summed E-state index contributed by atoms with van der Waals surface area (Å²) in [4.78, 5) is 14.1. The van der Waals surface area contributed by atoms with Crippen LogP contribution in [0.15, 0.2) is 30.3 Å². The van der Waals surface area contributed by atoms with E-state index < -0.39 is 4.33 Å². The van der Waals surface area contributed by atoms with Gasteiger partial charge in [0.05, 0.1) is 6.04 Å². The van der Waals surface area contributed by atoms with Crippen molar-refractivity contribution < 1.29 is 4.79 Å². The van der Waals surface area contributed by atoms with Crippen LogP contribution in [-0.2, 0) is 4.79 Å². The van der Waals surface area contributed by atoms with E-state index in [1.807, 2.05) is 35.2 Å². The molecule has 0 spiro atoms. The molecule has 1 saturated carbocycles. The predicted octanol–water partition coefficient (Wildman–Crippen LogP) is 4.08. The first-order chi connectivity index (χ1) is 9.12. The zero-order valence-electron chi connectivity index (χ0n) is 10.7. The van der Waals surface area contributed by atoms with Crippen molar-refractivity contribution in [1.29, 1.82) is 0 Å². The largest absolute Gasteiger partial charge is 0.326 e. The molecule has 3 rings (SSSR count). The lowest BCUT2D eigenvalue weighted by Crippen LogP contribution is -2.65. The molecule has 1 aliphatic heterocycles. The normalized spacial score (nSPS) is 27.2. The molecular formula is C15H17Cl2NO.